The number of hydrogen-bond acceptors (Lipinski definition) is 7. The van der Waals surface area contributed by atoms with Gasteiger partial charge in [-0.25, -0.2) is 4.79 Å². The molecule has 6 atom stereocenters. The summed E-state index contributed by atoms with van der Waals surface area (Å²) in [6, 6.07) is 17.1. The summed E-state index contributed by atoms with van der Waals surface area (Å²) in [5, 5.41) is 18.5. The normalized spacial score (nSPS) is 20.2. The van der Waals surface area contributed by atoms with Gasteiger partial charge < -0.3 is 51.1 Å². The van der Waals surface area contributed by atoms with Crippen molar-refractivity contribution in [3.63, 3.8) is 0 Å². The van der Waals surface area contributed by atoms with Gasteiger partial charge in [-0.05, 0) is 79.8 Å². The van der Waals surface area contributed by atoms with E-state index in [1.807, 2.05) is 85.2 Å². The smallest absolute Gasteiger partial charge is 0.326 e. The first kappa shape index (κ1) is 42.4. The van der Waals surface area contributed by atoms with Gasteiger partial charge in [0.1, 0.15) is 30.2 Å². The van der Waals surface area contributed by atoms with Crippen LogP contribution in [0.4, 0.5) is 0 Å². The topological polar surface area (TPSA) is 230 Å². The number of benzene rings is 3. The third kappa shape index (κ3) is 8.32. The Morgan fingerprint density at radius 1 is 0.578 bits per heavy atom. The van der Waals surface area contributed by atoms with Crippen LogP contribution in [0.15, 0.2) is 91.4 Å². The highest BCUT2D eigenvalue weighted by atomic mass is 16.4. The Hall–Kier alpha value is -6.94. The molecule has 6 aromatic rings. The average molecular weight is 868 g/mol. The monoisotopic (exact) mass is 867 g/mol. The molecule has 3 aromatic carbocycles. The minimum atomic E-state index is -1.12. The molecule has 0 bridgehead atoms. The van der Waals surface area contributed by atoms with Crippen LogP contribution < -0.4 is 16.4 Å². The Kier molecular flexibility index (Phi) is 11.9. The van der Waals surface area contributed by atoms with Crippen LogP contribution in [0.1, 0.15) is 55.2 Å². The summed E-state index contributed by atoms with van der Waals surface area (Å²) in [7, 11) is 0. The Labute approximate surface area is 368 Å². The lowest BCUT2D eigenvalue weighted by Gasteiger charge is -2.33. The minimum Gasteiger partial charge on any atom is -0.480 e. The number of aromatic amines is 3. The molecule has 0 aliphatic carbocycles. The Bertz CT molecular complexity index is 2740. The van der Waals surface area contributed by atoms with Gasteiger partial charge in [-0.2, -0.15) is 0 Å². The SMILES string of the molecule is N[C@@H](Cc1c[nH]c2ccccc12)C(=O)N[C@@H](Cc1c[nH]c2ccccc12)C(=O)N1CCC[C@H]1C(=O)N[C@@H](Cc1c[nH]c2ccccc12)C(=O)N1CCC[C@H]1C(=O)N1CCC[C@H]1C(=O)O. The van der Waals surface area contributed by atoms with Crippen molar-refractivity contribution in [2.45, 2.75) is 94.0 Å². The van der Waals surface area contributed by atoms with Crippen LogP contribution >= 0.6 is 0 Å². The maximum Gasteiger partial charge on any atom is 0.326 e. The number of amides is 5. The van der Waals surface area contributed by atoms with Crippen molar-refractivity contribution in [2.75, 3.05) is 19.6 Å². The quantitative estimate of drug-likeness (QED) is 0.0855. The van der Waals surface area contributed by atoms with E-state index in [0.717, 1.165) is 49.4 Å². The second kappa shape index (κ2) is 18.0. The van der Waals surface area contributed by atoms with Gasteiger partial charge in [0.15, 0.2) is 0 Å². The summed E-state index contributed by atoms with van der Waals surface area (Å²) in [6.07, 6.45) is 8.59. The molecule has 332 valence electrons. The lowest BCUT2D eigenvalue weighted by atomic mass is 10.0. The summed E-state index contributed by atoms with van der Waals surface area (Å²) in [5.41, 5.74) is 11.7. The molecule has 0 saturated carbocycles. The number of carboxylic acid groups (broad SMARTS) is 1. The predicted molar refractivity (Wildman–Crippen MR) is 240 cm³/mol. The zero-order valence-electron chi connectivity index (χ0n) is 35.4. The molecule has 6 heterocycles. The Morgan fingerprint density at radius 3 is 1.52 bits per heavy atom. The second-order valence-corrected chi connectivity index (χ2v) is 17.3. The maximum absolute atomic E-state index is 14.8. The van der Waals surface area contributed by atoms with E-state index in [-0.39, 0.29) is 32.4 Å². The highest BCUT2D eigenvalue weighted by Crippen LogP contribution is 2.29. The first-order chi connectivity index (χ1) is 31.0. The molecular formula is C48H53N9O7. The lowest BCUT2D eigenvalue weighted by Crippen LogP contribution is -2.59. The molecular weight excluding hydrogens is 815 g/mol. The van der Waals surface area contributed by atoms with Crippen molar-refractivity contribution >= 4 is 68.2 Å². The third-order valence-electron chi connectivity index (χ3n) is 13.4. The number of hydrogen-bond donors (Lipinski definition) is 7. The molecule has 3 aromatic heterocycles. The molecule has 0 unspecified atom stereocenters. The summed E-state index contributed by atoms with van der Waals surface area (Å²) < 4.78 is 0. The summed E-state index contributed by atoms with van der Waals surface area (Å²) >= 11 is 0. The Morgan fingerprint density at radius 2 is 1.00 bits per heavy atom. The van der Waals surface area contributed by atoms with Gasteiger partial charge in [-0.15, -0.1) is 0 Å². The number of para-hydroxylation sites is 3. The first-order valence-electron chi connectivity index (χ1n) is 22.2. The maximum atomic E-state index is 14.8. The minimum absolute atomic E-state index is 0.0989. The van der Waals surface area contributed by atoms with Crippen molar-refractivity contribution in [1.29, 1.82) is 0 Å². The number of likely N-dealkylation sites (tertiary alicyclic amines) is 3. The predicted octanol–water partition coefficient (Wildman–Crippen LogP) is 3.51. The molecule has 9 rings (SSSR count). The number of nitrogens with two attached hydrogens (primary N) is 1. The number of rotatable bonds is 14. The van der Waals surface area contributed by atoms with Crippen LogP contribution in [0.25, 0.3) is 32.7 Å². The van der Waals surface area contributed by atoms with Crippen LogP contribution in [0, 0.1) is 0 Å². The van der Waals surface area contributed by atoms with Gasteiger partial charge in [-0.1, -0.05) is 54.6 Å². The number of nitrogens with zero attached hydrogens (tertiary/aromatic N) is 3. The standard InChI is InChI=1S/C48H53N9O7/c49-34(22-28-25-50-35-13-4-1-10-31(28)35)43(58)53-38(23-29-26-51-36-14-5-2-11-32(29)36)45(60)55-19-7-16-40(55)44(59)54-39(24-30-27-52-37-15-6-3-12-33(30)37)46(61)56-20-8-17-41(56)47(62)57-21-9-18-42(57)48(63)64/h1-6,10-15,25-27,34,38-42,50-52H,7-9,16-24,49H2,(H,53,58)(H,54,59)(H,63,64)/t34-,38-,39-,40-,41-,42-/m0/s1. The number of fused-ring (bicyclic) bond motifs is 3. The van der Waals surface area contributed by atoms with Crippen LogP contribution in [0.2, 0.25) is 0 Å². The zero-order chi connectivity index (χ0) is 44.5. The average Bonchev–Trinajstić information content (AvgIpc) is 4.17. The molecule has 3 fully saturated rings. The van der Waals surface area contributed by atoms with Gasteiger partial charge in [0.05, 0.1) is 6.04 Å². The number of carbonyl (C=O) groups excluding carboxylic acids is 5. The first-order valence-corrected chi connectivity index (χ1v) is 22.2. The van der Waals surface area contributed by atoms with Crippen LogP contribution in [0.5, 0.6) is 0 Å². The van der Waals surface area contributed by atoms with Gasteiger partial charge in [0.25, 0.3) is 0 Å². The number of aliphatic carboxylic acids is 1. The number of nitrogens with one attached hydrogen (secondary N) is 5. The molecule has 64 heavy (non-hydrogen) atoms. The van der Waals surface area contributed by atoms with Crippen LogP contribution in [-0.2, 0) is 48.0 Å². The molecule has 8 N–H and O–H groups in total. The highest BCUT2D eigenvalue weighted by Gasteiger charge is 2.45. The van der Waals surface area contributed by atoms with E-state index in [1.54, 1.807) is 6.20 Å². The van der Waals surface area contributed by atoms with Crippen molar-refractivity contribution in [1.82, 2.24) is 40.3 Å². The fraction of sp³-hybridized carbons (Fsp3) is 0.375. The summed E-state index contributed by atoms with van der Waals surface area (Å²) in [4.78, 5) is 98.2. The van der Waals surface area contributed by atoms with E-state index in [9.17, 15) is 33.9 Å². The van der Waals surface area contributed by atoms with Crippen molar-refractivity contribution in [3.05, 3.63) is 108 Å². The fourth-order valence-electron chi connectivity index (χ4n) is 10.1. The van der Waals surface area contributed by atoms with Crippen molar-refractivity contribution < 1.29 is 33.9 Å². The van der Waals surface area contributed by atoms with E-state index in [0.29, 0.717) is 45.1 Å². The lowest BCUT2D eigenvalue weighted by molar-refractivity contribution is -0.152. The van der Waals surface area contributed by atoms with Crippen molar-refractivity contribution in [3.8, 4) is 0 Å². The number of carboxylic acids is 1. The van der Waals surface area contributed by atoms with Crippen LogP contribution in [-0.4, -0.2) is 126 Å². The zero-order valence-corrected chi connectivity index (χ0v) is 35.4. The molecule has 0 spiro atoms. The van der Waals surface area contributed by atoms with Gasteiger partial charge >= 0.3 is 5.97 Å². The van der Waals surface area contributed by atoms with E-state index >= 15 is 0 Å². The molecule has 3 aliphatic rings. The molecule has 3 aliphatic heterocycles. The van der Waals surface area contributed by atoms with E-state index < -0.39 is 71.8 Å². The number of aromatic nitrogens is 3. The highest BCUT2D eigenvalue weighted by molar-refractivity contribution is 5.98. The molecule has 16 heteroatoms. The Balaban J connectivity index is 0.966. The van der Waals surface area contributed by atoms with E-state index in [4.69, 9.17) is 5.73 Å². The van der Waals surface area contributed by atoms with Gasteiger partial charge in [0, 0.05) is 83.8 Å². The van der Waals surface area contributed by atoms with E-state index in [1.165, 1.54) is 14.7 Å². The van der Waals surface area contributed by atoms with Crippen molar-refractivity contribution in [2.24, 2.45) is 5.73 Å². The number of H-pyrrole nitrogens is 3. The van der Waals surface area contributed by atoms with Gasteiger partial charge in [-0.3, -0.25) is 24.0 Å². The molecule has 5 amide bonds. The number of carbonyl (C=O) groups is 6. The third-order valence-corrected chi connectivity index (χ3v) is 13.4. The summed E-state index contributed by atoms with van der Waals surface area (Å²) in [6.45, 7) is 0.822. The second-order valence-electron chi connectivity index (χ2n) is 17.3. The molecule has 16 nitrogen and oxygen atoms in total. The molecule has 0 radical (unpaired) electrons. The molecule has 3 saturated heterocycles. The summed E-state index contributed by atoms with van der Waals surface area (Å²) in [5.74, 6) is -3.40. The largest absolute Gasteiger partial charge is 0.480 e. The van der Waals surface area contributed by atoms with Gasteiger partial charge in [0.2, 0.25) is 29.5 Å². The fourth-order valence-corrected chi connectivity index (χ4v) is 10.1. The van der Waals surface area contributed by atoms with Crippen LogP contribution in [0.3, 0.4) is 0 Å². The van der Waals surface area contributed by atoms with E-state index in [2.05, 4.69) is 25.6 Å².